The molecule has 17 atom stereocenters. The Bertz CT molecular complexity index is 1870. The summed E-state index contributed by atoms with van der Waals surface area (Å²) in [5.41, 5.74) is 0.901. The van der Waals surface area contributed by atoms with Crippen LogP contribution in [-0.2, 0) is 42.7 Å². The van der Waals surface area contributed by atoms with Gasteiger partial charge in [0.25, 0.3) is 0 Å². The van der Waals surface area contributed by atoms with Crippen LogP contribution in [0.4, 0.5) is 0 Å². The molecule has 382 valence electrons. The Morgan fingerprint density at radius 1 is 0.956 bits per heavy atom. The lowest BCUT2D eigenvalue weighted by molar-refractivity contribution is -0.321. The fourth-order valence-corrected chi connectivity index (χ4v) is 11.5. The third kappa shape index (κ3) is 12.5. The van der Waals surface area contributed by atoms with E-state index in [4.69, 9.17) is 43.0 Å². The molecule has 68 heavy (non-hydrogen) atoms. The molecule has 0 aromatic carbocycles. The zero-order valence-electron chi connectivity index (χ0n) is 41.4. The number of carbonyl (C=O) groups is 1. The van der Waals surface area contributed by atoms with Gasteiger partial charge in [-0.05, 0) is 119 Å². The third-order valence-electron chi connectivity index (χ3n) is 15.6. The van der Waals surface area contributed by atoms with Gasteiger partial charge in [-0.2, -0.15) is 0 Å². The van der Waals surface area contributed by atoms with Crippen LogP contribution < -0.4 is 0 Å². The van der Waals surface area contributed by atoms with Crippen LogP contribution in [-0.4, -0.2) is 135 Å². The van der Waals surface area contributed by atoms with E-state index in [0.29, 0.717) is 80.4 Å². The second-order valence-corrected chi connectivity index (χ2v) is 21.7. The molecule has 6 saturated heterocycles. The zero-order valence-corrected chi connectivity index (χ0v) is 41.4. The molecular formula is C54H82O14. The molecular weight excluding hydrogens is 873 g/mol. The van der Waals surface area contributed by atoms with E-state index in [1.54, 1.807) is 0 Å². The lowest BCUT2D eigenvalue weighted by Gasteiger charge is -2.50. The molecule has 7 aliphatic rings. The van der Waals surface area contributed by atoms with Gasteiger partial charge in [0.05, 0.1) is 49.8 Å². The Morgan fingerprint density at radius 2 is 1.69 bits per heavy atom. The van der Waals surface area contributed by atoms with Crippen molar-refractivity contribution in [3.8, 4) is 0 Å². The first-order valence-electron chi connectivity index (χ1n) is 25.5. The van der Waals surface area contributed by atoms with Crippen LogP contribution in [0, 0.1) is 17.8 Å². The third-order valence-corrected chi connectivity index (χ3v) is 15.6. The van der Waals surface area contributed by atoms with Gasteiger partial charge in [0.1, 0.15) is 31.0 Å². The number of carbonyl (C=O) groups excluding carboxylic acids is 1. The van der Waals surface area contributed by atoms with Crippen molar-refractivity contribution in [1.29, 1.82) is 0 Å². The average Bonchev–Trinajstić information content (AvgIpc) is 3.70. The summed E-state index contributed by atoms with van der Waals surface area (Å²) in [5.74, 6) is -3.35. The van der Waals surface area contributed by atoms with E-state index in [9.17, 15) is 25.2 Å². The van der Waals surface area contributed by atoms with Gasteiger partial charge in [-0.3, -0.25) is 0 Å². The van der Waals surface area contributed by atoms with Gasteiger partial charge >= 0.3 is 5.97 Å². The highest BCUT2D eigenvalue weighted by Gasteiger charge is 2.55. The first kappa shape index (κ1) is 53.2. The minimum atomic E-state index is -1.86. The van der Waals surface area contributed by atoms with Gasteiger partial charge in [0, 0.05) is 38.0 Å². The van der Waals surface area contributed by atoms with Crippen LogP contribution in [0.2, 0.25) is 0 Å². The summed E-state index contributed by atoms with van der Waals surface area (Å²) in [4.78, 5) is 13.1. The lowest BCUT2D eigenvalue weighted by Crippen LogP contribution is -2.60. The minimum absolute atomic E-state index is 0.0428. The summed E-state index contributed by atoms with van der Waals surface area (Å²) in [6, 6.07) is 0. The minimum Gasteiger partial charge on any atom is -0.459 e. The number of esters is 1. The Kier molecular flexibility index (Phi) is 17.6. The van der Waals surface area contributed by atoms with Gasteiger partial charge < -0.3 is 63.4 Å². The molecule has 6 fully saturated rings. The monoisotopic (exact) mass is 955 g/mol. The van der Waals surface area contributed by atoms with Gasteiger partial charge in [0.2, 0.25) is 5.79 Å². The number of aliphatic hydroxyl groups excluding tert-OH is 4. The zero-order chi connectivity index (χ0) is 49.0. The maximum absolute atomic E-state index is 13.1. The second kappa shape index (κ2) is 22.5. The van der Waals surface area contributed by atoms with E-state index in [1.807, 2.05) is 31.2 Å². The quantitative estimate of drug-likeness (QED) is 0.0732. The van der Waals surface area contributed by atoms with Crippen LogP contribution >= 0.6 is 0 Å². The summed E-state index contributed by atoms with van der Waals surface area (Å²) in [6.45, 7) is 22.3. The summed E-state index contributed by atoms with van der Waals surface area (Å²) in [6.07, 6.45) is 14.1. The molecule has 3 spiro atoms. The van der Waals surface area contributed by atoms with E-state index in [-0.39, 0.29) is 49.8 Å². The number of rotatable bonds is 17. The van der Waals surface area contributed by atoms with Crippen molar-refractivity contribution >= 4 is 5.97 Å². The Hall–Kier alpha value is -2.57. The topological polar surface area (TPSA) is 192 Å². The highest BCUT2D eigenvalue weighted by molar-refractivity contribution is 5.78. The molecule has 0 amide bonds. The van der Waals surface area contributed by atoms with Crippen molar-refractivity contribution in [3.05, 3.63) is 72.4 Å². The van der Waals surface area contributed by atoms with Crippen molar-refractivity contribution in [3.63, 3.8) is 0 Å². The lowest BCUT2D eigenvalue weighted by atomic mass is 9.79. The SMILES string of the molecule is C=C(CO)C/C=C\CC(=C)COC(=O)[C@](C)(O)C[C@@H]1CC[C@@H](O)[C@]2(C=C(C)C[C@@H]([C@H](C)/C=C/C3CC[C@@]4(CCC5O[C@H]([C@@H](O)C[C@H](C)C6O[C@@]7(CCCCO7)CC[C@H]6C)C(=C)[C@@H](O)C5O4)O3)O2)O1. The number of hydrogen-bond acceptors (Lipinski definition) is 14. The highest BCUT2D eigenvalue weighted by atomic mass is 16.7. The van der Waals surface area contributed by atoms with E-state index >= 15 is 0 Å². The van der Waals surface area contributed by atoms with Crippen LogP contribution in [0.15, 0.2) is 72.4 Å². The number of fused-ring (bicyclic) bond motifs is 1. The molecule has 4 unspecified atom stereocenters. The molecule has 0 bridgehead atoms. The standard InChI is InChI=1S/C54H82O14/c1-33(31-55)13-9-10-14-34(2)32-61-50(59)51(8,60)30-41-17-18-45(57)54(65-41)29-35(3)27-44(66-54)36(4)15-16-40-20-24-53(64-40)25-21-43-49(68-53)46(58)39(7)48(63-43)42(56)28-38(6)47-37(5)19-23-52(67-47)22-11-12-26-62-52/h9-10,15-16,29,36-38,40-49,55-58,60H,1-2,7,11-14,17-28,30-32H2,3-6,8H3/b10-9-,16-15+/t36-,37-,38+,40?,41+,42+,43?,44+,45-,46-,47?,48+,49?,51-,52+,53-,54-/m1/s1. The van der Waals surface area contributed by atoms with Crippen molar-refractivity contribution in [1.82, 2.24) is 0 Å². The predicted octanol–water partition coefficient (Wildman–Crippen LogP) is 7.11. The highest BCUT2D eigenvalue weighted by Crippen LogP contribution is 2.47. The van der Waals surface area contributed by atoms with Crippen LogP contribution in [0.3, 0.4) is 0 Å². The molecule has 7 aliphatic heterocycles. The van der Waals surface area contributed by atoms with Crippen LogP contribution in [0.5, 0.6) is 0 Å². The second-order valence-electron chi connectivity index (χ2n) is 21.7. The fraction of sp³-hybridized carbons (Fsp3) is 0.759. The molecule has 0 aliphatic carbocycles. The Labute approximate surface area is 404 Å². The van der Waals surface area contributed by atoms with Crippen LogP contribution in [0.25, 0.3) is 0 Å². The van der Waals surface area contributed by atoms with Gasteiger partial charge in [-0.25, -0.2) is 4.79 Å². The van der Waals surface area contributed by atoms with Gasteiger partial charge in [-0.1, -0.05) is 70.4 Å². The molecule has 7 heterocycles. The predicted molar refractivity (Wildman–Crippen MR) is 255 cm³/mol. The number of aliphatic hydroxyl groups is 5. The summed E-state index contributed by atoms with van der Waals surface area (Å²) in [5, 5.41) is 54.9. The van der Waals surface area contributed by atoms with Crippen molar-refractivity contribution < 1.29 is 68.2 Å². The molecule has 14 heteroatoms. The molecule has 5 N–H and O–H groups in total. The van der Waals surface area contributed by atoms with Crippen molar-refractivity contribution in [2.75, 3.05) is 19.8 Å². The van der Waals surface area contributed by atoms with E-state index in [2.05, 4.69) is 46.6 Å². The molecule has 14 nitrogen and oxygen atoms in total. The van der Waals surface area contributed by atoms with Gasteiger partial charge in [-0.15, -0.1) is 0 Å². The number of ether oxygens (including phenoxy) is 8. The van der Waals surface area contributed by atoms with Crippen molar-refractivity contribution in [2.45, 2.75) is 221 Å². The molecule has 0 saturated carbocycles. The number of hydrogen-bond donors (Lipinski definition) is 5. The molecule has 7 rings (SSSR count). The van der Waals surface area contributed by atoms with Crippen LogP contribution in [0.1, 0.15) is 137 Å². The van der Waals surface area contributed by atoms with E-state index < -0.39 is 71.7 Å². The van der Waals surface area contributed by atoms with E-state index in [0.717, 1.165) is 50.7 Å². The maximum atomic E-state index is 13.1. The maximum Gasteiger partial charge on any atom is 0.338 e. The first-order valence-corrected chi connectivity index (χ1v) is 25.5. The molecule has 0 aromatic heterocycles. The largest absolute Gasteiger partial charge is 0.459 e. The average molecular weight is 955 g/mol. The smallest absolute Gasteiger partial charge is 0.338 e. The molecule has 0 aromatic rings. The summed E-state index contributed by atoms with van der Waals surface area (Å²) < 4.78 is 51.2. The first-order chi connectivity index (χ1) is 32.3. The fourth-order valence-electron chi connectivity index (χ4n) is 11.5. The Morgan fingerprint density at radius 3 is 2.43 bits per heavy atom. The van der Waals surface area contributed by atoms with Crippen molar-refractivity contribution in [2.24, 2.45) is 17.8 Å². The van der Waals surface area contributed by atoms with E-state index in [1.165, 1.54) is 6.92 Å². The van der Waals surface area contributed by atoms with Gasteiger partial charge in [0.15, 0.2) is 17.2 Å². The molecule has 0 radical (unpaired) electrons. The Balaban J connectivity index is 0.884. The summed E-state index contributed by atoms with van der Waals surface area (Å²) in [7, 11) is 0. The summed E-state index contributed by atoms with van der Waals surface area (Å²) >= 11 is 0. The normalized spacial score (nSPS) is 40.0. The number of allylic oxidation sites excluding steroid dienone is 2.